The monoisotopic (exact) mass is 302 g/mol. The van der Waals surface area contributed by atoms with Gasteiger partial charge >= 0.3 is 0 Å². The van der Waals surface area contributed by atoms with Crippen molar-refractivity contribution in [2.45, 2.75) is 49.9 Å². The van der Waals surface area contributed by atoms with Crippen molar-refractivity contribution in [2.75, 3.05) is 12.3 Å². The lowest BCUT2D eigenvalue weighted by molar-refractivity contribution is 0.525. The van der Waals surface area contributed by atoms with Crippen LogP contribution in [0.4, 0.5) is 0 Å². The summed E-state index contributed by atoms with van der Waals surface area (Å²) < 4.78 is 2.39. The van der Waals surface area contributed by atoms with Crippen molar-refractivity contribution in [3.05, 3.63) is 24.2 Å². The average molecular weight is 302 g/mol. The molecule has 2 aliphatic heterocycles. The minimum absolute atomic E-state index is 0.410. The Kier molecular flexibility index (Phi) is 3.86. The summed E-state index contributed by atoms with van der Waals surface area (Å²) in [5.41, 5.74) is 2.11. The van der Waals surface area contributed by atoms with Gasteiger partial charge in [-0.3, -0.25) is 0 Å². The van der Waals surface area contributed by atoms with Gasteiger partial charge < -0.3 is 9.88 Å². The van der Waals surface area contributed by atoms with Crippen molar-refractivity contribution < 1.29 is 0 Å². The summed E-state index contributed by atoms with van der Waals surface area (Å²) in [4.78, 5) is 9.49. The largest absolute Gasteiger partial charge is 0.310 e. The minimum Gasteiger partial charge on any atom is -0.310 e. The molecule has 21 heavy (non-hydrogen) atoms. The fraction of sp³-hybridized carbons (Fsp3) is 0.625. The first-order valence-electron chi connectivity index (χ1n) is 8.08. The first kappa shape index (κ1) is 13.6. The van der Waals surface area contributed by atoms with Crippen molar-refractivity contribution in [3.63, 3.8) is 0 Å². The van der Waals surface area contributed by atoms with E-state index in [0.717, 1.165) is 29.5 Å². The molecule has 2 unspecified atom stereocenters. The molecule has 2 saturated heterocycles. The van der Waals surface area contributed by atoms with E-state index < -0.39 is 0 Å². The molecule has 0 aliphatic carbocycles. The highest BCUT2D eigenvalue weighted by Gasteiger charge is 2.25. The number of pyridine rings is 1. The number of imidazole rings is 1. The molecular weight excluding hydrogens is 280 g/mol. The Morgan fingerprint density at radius 2 is 2.29 bits per heavy atom. The highest BCUT2D eigenvalue weighted by atomic mass is 32.2. The summed E-state index contributed by atoms with van der Waals surface area (Å²) in [6.07, 6.45) is 8.41. The molecular formula is C16H22N4S. The maximum atomic E-state index is 4.89. The van der Waals surface area contributed by atoms with Gasteiger partial charge in [-0.15, -0.1) is 0 Å². The predicted octanol–water partition coefficient (Wildman–Crippen LogP) is 3.14. The number of thioether (sulfide) groups is 1. The molecule has 0 spiro atoms. The zero-order chi connectivity index (χ0) is 14.1. The van der Waals surface area contributed by atoms with E-state index in [1.165, 1.54) is 43.7 Å². The molecule has 2 atom stereocenters. The maximum Gasteiger partial charge on any atom is 0.160 e. The lowest BCUT2D eigenvalue weighted by Gasteiger charge is -2.23. The fourth-order valence-corrected chi connectivity index (χ4v) is 4.77. The number of fused-ring (bicyclic) bond motifs is 1. The first-order valence-corrected chi connectivity index (χ1v) is 9.13. The van der Waals surface area contributed by atoms with E-state index in [-0.39, 0.29) is 0 Å². The number of nitrogens with one attached hydrogen (secondary N) is 1. The number of hydrogen-bond donors (Lipinski definition) is 1. The van der Waals surface area contributed by atoms with Crippen molar-refractivity contribution in [2.24, 2.45) is 0 Å². The minimum atomic E-state index is 0.410. The molecule has 2 aromatic rings. The van der Waals surface area contributed by atoms with E-state index in [1.54, 1.807) is 0 Å². The molecule has 0 saturated carbocycles. The van der Waals surface area contributed by atoms with Crippen LogP contribution in [0.25, 0.3) is 11.2 Å². The molecule has 5 heteroatoms. The van der Waals surface area contributed by atoms with Gasteiger partial charge in [0.05, 0.1) is 6.04 Å². The SMILES string of the molecule is c1cnc2c(c1)nc(C1CCCN1)n2CC1CCCCS1. The number of nitrogens with zero attached hydrogens (tertiary/aromatic N) is 3. The van der Waals surface area contributed by atoms with Gasteiger partial charge in [0.1, 0.15) is 11.3 Å². The van der Waals surface area contributed by atoms with Crippen LogP contribution in [0.2, 0.25) is 0 Å². The van der Waals surface area contributed by atoms with Gasteiger partial charge in [0.25, 0.3) is 0 Å². The number of hydrogen-bond acceptors (Lipinski definition) is 4. The fourth-order valence-electron chi connectivity index (χ4n) is 3.48. The molecule has 112 valence electrons. The summed E-state index contributed by atoms with van der Waals surface area (Å²) in [5, 5.41) is 4.31. The van der Waals surface area contributed by atoms with Crippen LogP contribution in [0.1, 0.15) is 44.0 Å². The van der Waals surface area contributed by atoms with E-state index in [0.29, 0.717) is 6.04 Å². The van der Waals surface area contributed by atoms with Crippen LogP contribution in [-0.4, -0.2) is 32.1 Å². The predicted molar refractivity (Wildman–Crippen MR) is 87.6 cm³/mol. The van der Waals surface area contributed by atoms with Crippen LogP contribution >= 0.6 is 11.8 Å². The van der Waals surface area contributed by atoms with Gasteiger partial charge in [-0.2, -0.15) is 11.8 Å². The van der Waals surface area contributed by atoms with Crippen LogP contribution in [0.5, 0.6) is 0 Å². The standard InChI is InChI=1S/C16H22N4S/c1-2-10-21-12(5-1)11-20-15-14(7-4-9-18-15)19-16(20)13-6-3-8-17-13/h4,7,9,12-13,17H,1-3,5-6,8,10-11H2. The Bertz CT molecular complexity index is 612. The quantitative estimate of drug-likeness (QED) is 0.946. The summed E-state index contributed by atoms with van der Waals surface area (Å²) in [6, 6.07) is 4.49. The van der Waals surface area contributed by atoms with Crippen LogP contribution in [0.3, 0.4) is 0 Å². The van der Waals surface area contributed by atoms with E-state index in [4.69, 9.17) is 4.98 Å². The lowest BCUT2D eigenvalue weighted by Crippen LogP contribution is -2.23. The summed E-state index contributed by atoms with van der Waals surface area (Å²) >= 11 is 2.12. The summed E-state index contributed by atoms with van der Waals surface area (Å²) in [7, 11) is 0. The maximum absolute atomic E-state index is 4.89. The molecule has 0 bridgehead atoms. The summed E-state index contributed by atoms with van der Waals surface area (Å²) in [5.74, 6) is 2.51. The molecule has 2 aromatic heterocycles. The van der Waals surface area contributed by atoms with Crippen LogP contribution in [0.15, 0.2) is 18.3 Å². The zero-order valence-electron chi connectivity index (χ0n) is 12.3. The topological polar surface area (TPSA) is 42.7 Å². The molecule has 4 rings (SSSR count). The third kappa shape index (κ3) is 2.69. The Morgan fingerprint density at radius 3 is 3.10 bits per heavy atom. The van der Waals surface area contributed by atoms with Crippen LogP contribution in [0, 0.1) is 0 Å². The molecule has 4 nitrogen and oxygen atoms in total. The molecule has 1 N–H and O–H groups in total. The first-order chi connectivity index (χ1) is 10.4. The van der Waals surface area contributed by atoms with Crippen molar-refractivity contribution in [1.82, 2.24) is 19.9 Å². The van der Waals surface area contributed by atoms with E-state index in [2.05, 4.69) is 32.7 Å². The van der Waals surface area contributed by atoms with Gasteiger partial charge in [0.15, 0.2) is 5.65 Å². The van der Waals surface area contributed by atoms with Gasteiger partial charge in [0.2, 0.25) is 0 Å². The third-order valence-corrected chi connectivity index (χ3v) is 5.95. The molecule has 0 amide bonds. The highest BCUT2D eigenvalue weighted by Crippen LogP contribution is 2.30. The van der Waals surface area contributed by atoms with E-state index in [1.807, 2.05) is 12.3 Å². The van der Waals surface area contributed by atoms with Gasteiger partial charge in [-0.05, 0) is 50.1 Å². The van der Waals surface area contributed by atoms with Gasteiger partial charge in [-0.1, -0.05) is 6.42 Å². The van der Waals surface area contributed by atoms with Gasteiger partial charge in [-0.25, -0.2) is 9.97 Å². The molecule has 0 radical (unpaired) electrons. The Balaban J connectivity index is 1.70. The normalized spacial score (nSPS) is 26.5. The van der Waals surface area contributed by atoms with Crippen molar-refractivity contribution >= 4 is 22.9 Å². The summed E-state index contributed by atoms with van der Waals surface area (Å²) in [6.45, 7) is 2.17. The zero-order valence-corrected chi connectivity index (χ0v) is 13.1. The second-order valence-electron chi connectivity index (χ2n) is 6.06. The average Bonchev–Trinajstić information content (AvgIpc) is 3.16. The Morgan fingerprint density at radius 1 is 1.29 bits per heavy atom. The molecule has 2 fully saturated rings. The van der Waals surface area contributed by atoms with Crippen LogP contribution < -0.4 is 5.32 Å². The number of aromatic nitrogens is 3. The highest BCUT2D eigenvalue weighted by molar-refractivity contribution is 7.99. The van der Waals surface area contributed by atoms with Crippen LogP contribution in [-0.2, 0) is 6.54 Å². The molecule has 4 heterocycles. The molecule has 2 aliphatic rings. The second kappa shape index (κ2) is 5.97. The Hall–Kier alpha value is -1.07. The van der Waals surface area contributed by atoms with Crippen molar-refractivity contribution in [3.8, 4) is 0 Å². The Labute approximate surface area is 129 Å². The van der Waals surface area contributed by atoms with Crippen molar-refractivity contribution in [1.29, 1.82) is 0 Å². The number of rotatable bonds is 3. The molecule has 0 aromatic carbocycles. The third-order valence-electron chi connectivity index (χ3n) is 4.57. The van der Waals surface area contributed by atoms with Gasteiger partial charge in [0, 0.05) is 18.0 Å². The van der Waals surface area contributed by atoms with E-state index in [9.17, 15) is 0 Å². The smallest absolute Gasteiger partial charge is 0.160 e. The lowest BCUT2D eigenvalue weighted by atomic mass is 10.1. The second-order valence-corrected chi connectivity index (χ2v) is 7.47. The van der Waals surface area contributed by atoms with E-state index >= 15 is 0 Å².